The molecule has 100 valence electrons. The van der Waals surface area contributed by atoms with E-state index in [0.29, 0.717) is 18.4 Å². The largest absolute Gasteiger partial charge is 0.368 e. The van der Waals surface area contributed by atoms with Crippen molar-refractivity contribution < 1.29 is 0 Å². The van der Waals surface area contributed by atoms with Gasteiger partial charge in [-0.2, -0.15) is 15.0 Å². The summed E-state index contributed by atoms with van der Waals surface area (Å²) in [4.78, 5) is 14.2. The van der Waals surface area contributed by atoms with Crippen molar-refractivity contribution in [2.75, 3.05) is 30.0 Å². The topological polar surface area (TPSA) is 80.0 Å². The summed E-state index contributed by atoms with van der Waals surface area (Å²) in [5, 5.41) is 3.17. The molecule has 6 nitrogen and oxygen atoms in total. The van der Waals surface area contributed by atoms with Gasteiger partial charge < -0.3 is 16.0 Å². The zero-order valence-electron chi connectivity index (χ0n) is 11.4. The van der Waals surface area contributed by atoms with Gasteiger partial charge in [0.05, 0.1) is 0 Å². The number of nitrogens with two attached hydrogens (primary N) is 1. The highest BCUT2D eigenvalue weighted by molar-refractivity contribution is 5.41. The molecule has 1 aromatic heterocycles. The van der Waals surface area contributed by atoms with E-state index in [2.05, 4.69) is 39.3 Å². The van der Waals surface area contributed by atoms with Crippen LogP contribution in [-0.2, 0) is 6.54 Å². The lowest BCUT2D eigenvalue weighted by atomic mass is 10.1. The van der Waals surface area contributed by atoms with E-state index in [1.165, 1.54) is 11.1 Å². The first-order valence-corrected chi connectivity index (χ1v) is 6.03. The number of nitrogens with one attached hydrogen (secondary N) is 1. The Balaban J connectivity index is 2.14. The van der Waals surface area contributed by atoms with Crippen molar-refractivity contribution in [3.63, 3.8) is 0 Å². The second-order valence-corrected chi connectivity index (χ2v) is 4.49. The van der Waals surface area contributed by atoms with Crippen LogP contribution in [0.3, 0.4) is 0 Å². The number of benzene rings is 1. The number of nitrogen functional groups attached to an aromatic ring is 1. The lowest BCUT2D eigenvalue weighted by Gasteiger charge is -2.12. The number of hydrogen-bond donors (Lipinski definition) is 2. The number of aromatic nitrogens is 3. The first-order chi connectivity index (χ1) is 9.06. The van der Waals surface area contributed by atoms with Crippen molar-refractivity contribution in [2.24, 2.45) is 0 Å². The van der Waals surface area contributed by atoms with Crippen LogP contribution in [-0.4, -0.2) is 29.0 Å². The first-order valence-electron chi connectivity index (χ1n) is 6.03. The normalized spacial score (nSPS) is 10.3. The summed E-state index contributed by atoms with van der Waals surface area (Å²) in [6, 6.07) is 8.17. The lowest BCUT2D eigenvalue weighted by molar-refractivity contribution is 0.948. The molecule has 0 aliphatic rings. The summed E-state index contributed by atoms with van der Waals surface area (Å²) in [6.07, 6.45) is 0. The molecule has 0 saturated heterocycles. The third kappa shape index (κ3) is 3.31. The van der Waals surface area contributed by atoms with E-state index in [4.69, 9.17) is 5.73 Å². The van der Waals surface area contributed by atoms with Crippen LogP contribution in [0.2, 0.25) is 0 Å². The summed E-state index contributed by atoms with van der Waals surface area (Å²) < 4.78 is 0. The van der Waals surface area contributed by atoms with Crippen LogP contribution >= 0.6 is 0 Å². The molecule has 6 heteroatoms. The zero-order chi connectivity index (χ0) is 13.8. The van der Waals surface area contributed by atoms with Crippen molar-refractivity contribution in [3.8, 4) is 0 Å². The second kappa shape index (κ2) is 5.51. The summed E-state index contributed by atoms with van der Waals surface area (Å²) in [6.45, 7) is 2.73. The van der Waals surface area contributed by atoms with Crippen LogP contribution in [0.25, 0.3) is 0 Å². The Hall–Kier alpha value is -2.37. The predicted molar refractivity (Wildman–Crippen MR) is 77.1 cm³/mol. The van der Waals surface area contributed by atoms with Crippen LogP contribution in [0.15, 0.2) is 24.3 Å². The van der Waals surface area contributed by atoms with E-state index in [1.54, 1.807) is 4.90 Å². The molecule has 19 heavy (non-hydrogen) atoms. The Kier molecular flexibility index (Phi) is 3.79. The van der Waals surface area contributed by atoms with Gasteiger partial charge in [0.25, 0.3) is 0 Å². The highest BCUT2D eigenvalue weighted by Crippen LogP contribution is 2.12. The van der Waals surface area contributed by atoms with Gasteiger partial charge in [-0.05, 0) is 18.1 Å². The van der Waals surface area contributed by atoms with Crippen LogP contribution in [0.1, 0.15) is 11.1 Å². The summed E-state index contributed by atoms with van der Waals surface area (Å²) in [7, 11) is 3.72. The molecule has 0 unspecified atom stereocenters. The summed E-state index contributed by atoms with van der Waals surface area (Å²) >= 11 is 0. The minimum Gasteiger partial charge on any atom is -0.368 e. The van der Waals surface area contributed by atoms with Crippen LogP contribution < -0.4 is 16.0 Å². The molecule has 3 N–H and O–H groups in total. The van der Waals surface area contributed by atoms with Gasteiger partial charge in [0.2, 0.25) is 17.8 Å². The van der Waals surface area contributed by atoms with Crippen LogP contribution in [0.5, 0.6) is 0 Å². The highest BCUT2D eigenvalue weighted by atomic mass is 15.3. The Morgan fingerprint density at radius 3 is 2.58 bits per heavy atom. The molecular formula is C13H18N6. The summed E-state index contributed by atoms with van der Waals surface area (Å²) in [5.41, 5.74) is 8.10. The molecular weight excluding hydrogens is 240 g/mol. The van der Waals surface area contributed by atoms with Gasteiger partial charge in [0.15, 0.2) is 0 Å². The molecule has 1 aromatic carbocycles. The molecule has 0 amide bonds. The maximum absolute atomic E-state index is 5.67. The minimum atomic E-state index is 0.214. The first kappa shape index (κ1) is 13.1. The number of nitrogens with zero attached hydrogens (tertiary/aromatic N) is 4. The van der Waals surface area contributed by atoms with Gasteiger partial charge in [-0.15, -0.1) is 0 Å². The molecule has 0 atom stereocenters. The minimum absolute atomic E-state index is 0.214. The smallest absolute Gasteiger partial charge is 0.231 e. The third-order valence-corrected chi connectivity index (χ3v) is 2.74. The fraction of sp³-hybridized carbons (Fsp3) is 0.308. The van der Waals surface area contributed by atoms with Gasteiger partial charge in [-0.25, -0.2) is 0 Å². The van der Waals surface area contributed by atoms with Gasteiger partial charge in [-0.1, -0.05) is 24.3 Å². The molecule has 2 aromatic rings. The average molecular weight is 258 g/mol. The standard InChI is InChI=1S/C13H18N6/c1-9-6-4-5-7-10(9)8-15-12-16-11(14)17-13(18-12)19(2)3/h4-7H,8H2,1-3H3,(H3,14,15,16,17,18). The van der Waals surface area contributed by atoms with E-state index >= 15 is 0 Å². The van der Waals surface area contributed by atoms with Crippen molar-refractivity contribution in [3.05, 3.63) is 35.4 Å². The lowest BCUT2D eigenvalue weighted by Crippen LogP contribution is -2.16. The Bertz CT molecular complexity index is 567. The van der Waals surface area contributed by atoms with Gasteiger partial charge in [-0.3, -0.25) is 0 Å². The van der Waals surface area contributed by atoms with Crippen LogP contribution in [0.4, 0.5) is 17.8 Å². The van der Waals surface area contributed by atoms with Crippen molar-refractivity contribution in [1.29, 1.82) is 0 Å². The van der Waals surface area contributed by atoms with E-state index in [0.717, 1.165) is 0 Å². The summed E-state index contributed by atoms with van der Waals surface area (Å²) in [5.74, 6) is 1.24. The fourth-order valence-electron chi connectivity index (χ4n) is 1.64. The molecule has 0 radical (unpaired) electrons. The monoisotopic (exact) mass is 258 g/mol. The highest BCUT2D eigenvalue weighted by Gasteiger charge is 2.06. The zero-order valence-corrected chi connectivity index (χ0v) is 11.4. The molecule has 0 bridgehead atoms. The van der Waals surface area contributed by atoms with Crippen molar-refractivity contribution in [2.45, 2.75) is 13.5 Å². The van der Waals surface area contributed by atoms with Gasteiger partial charge in [0.1, 0.15) is 0 Å². The maximum Gasteiger partial charge on any atom is 0.231 e. The molecule has 0 aliphatic heterocycles. The molecule has 0 saturated carbocycles. The predicted octanol–water partition coefficient (Wildman–Crippen LogP) is 1.44. The Morgan fingerprint density at radius 1 is 1.16 bits per heavy atom. The fourth-order valence-corrected chi connectivity index (χ4v) is 1.64. The Labute approximate surface area is 112 Å². The third-order valence-electron chi connectivity index (χ3n) is 2.74. The van der Waals surface area contributed by atoms with Crippen LogP contribution in [0, 0.1) is 6.92 Å². The number of rotatable bonds is 4. The van der Waals surface area contributed by atoms with Gasteiger partial charge >= 0.3 is 0 Å². The molecule has 1 heterocycles. The maximum atomic E-state index is 5.67. The number of aryl methyl sites for hydroxylation is 1. The molecule has 2 rings (SSSR count). The number of anilines is 3. The van der Waals surface area contributed by atoms with Crippen molar-refractivity contribution in [1.82, 2.24) is 15.0 Å². The quantitative estimate of drug-likeness (QED) is 0.863. The SMILES string of the molecule is Cc1ccccc1CNc1nc(N)nc(N(C)C)n1. The van der Waals surface area contributed by atoms with E-state index in [9.17, 15) is 0 Å². The average Bonchev–Trinajstić information content (AvgIpc) is 2.37. The Morgan fingerprint density at radius 2 is 1.89 bits per heavy atom. The van der Waals surface area contributed by atoms with E-state index < -0.39 is 0 Å². The molecule has 0 spiro atoms. The molecule has 0 aliphatic carbocycles. The van der Waals surface area contributed by atoms with Crippen molar-refractivity contribution >= 4 is 17.8 Å². The van der Waals surface area contributed by atoms with E-state index in [-0.39, 0.29) is 5.95 Å². The second-order valence-electron chi connectivity index (χ2n) is 4.49. The molecule has 0 fully saturated rings. The van der Waals surface area contributed by atoms with E-state index in [1.807, 2.05) is 26.2 Å². The number of hydrogen-bond acceptors (Lipinski definition) is 6. The van der Waals surface area contributed by atoms with Gasteiger partial charge in [0, 0.05) is 20.6 Å².